The summed E-state index contributed by atoms with van der Waals surface area (Å²) in [4.78, 5) is 12.1. The molecule has 0 radical (unpaired) electrons. The lowest BCUT2D eigenvalue weighted by Crippen LogP contribution is -2.48. The number of nitrogens with zero attached hydrogens (tertiary/aromatic N) is 1. The third kappa shape index (κ3) is 4.32. The first-order valence-corrected chi connectivity index (χ1v) is 9.35. The molecular weight excluding hydrogens is 332 g/mol. The first kappa shape index (κ1) is 18.9. The average molecular weight is 356 g/mol. The van der Waals surface area contributed by atoms with Crippen LogP contribution in [0.25, 0.3) is 0 Å². The van der Waals surface area contributed by atoms with Crippen LogP contribution in [0.15, 0.2) is 29.2 Å². The third-order valence-electron chi connectivity index (χ3n) is 3.79. The molecule has 0 aliphatic carbocycles. The van der Waals surface area contributed by atoms with Crippen molar-refractivity contribution in [3.05, 3.63) is 29.8 Å². The first-order chi connectivity index (χ1) is 11.2. The number of amides is 1. The van der Waals surface area contributed by atoms with Gasteiger partial charge in [0.1, 0.15) is 0 Å². The van der Waals surface area contributed by atoms with Crippen molar-refractivity contribution in [2.45, 2.75) is 43.9 Å². The predicted octanol–water partition coefficient (Wildman–Crippen LogP) is 0.595. The maximum atomic E-state index is 12.7. The van der Waals surface area contributed by atoms with E-state index in [1.165, 1.54) is 28.6 Å². The van der Waals surface area contributed by atoms with Gasteiger partial charge in [-0.3, -0.25) is 4.79 Å². The van der Waals surface area contributed by atoms with E-state index < -0.39 is 10.0 Å². The van der Waals surface area contributed by atoms with Crippen LogP contribution in [0.3, 0.4) is 0 Å². The van der Waals surface area contributed by atoms with Crippen molar-refractivity contribution in [2.75, 3.05) is 19.7 Å². The molecule has 1 amide bonds. The number of hydrogen-bond acceptors (Lipinski definition) is 5. The quantitative estimate of drug-likeness (QED) is 0.805. The number of benzene rings is 1. The minimum atomic E-state index is -3.62. The van der Waals surface area contributed by atoms with E-state index in [-0.39, 0.29) is 35.7 Å². The van der Waals surface area contributed by atoms with Crippen LogP contribution in [-0.2, 0) is 14.8 Å². The molecular formula is C16H24N2O5S. The van der Waals surface area contributed by atoms with Crippen molar-refractivity contribution in [1.29, 1.82) is 0 Å². The molecule has 0 bridgehead atoms. The first-order valence-electron chi connectivity index (χ1n) is 7.91. The summed E-state index contributed by atoms with van der Waals surface area (Å²) in [5.74, 6) is -0.353. The number of ether oxygens (including phenoxy) is 1. The van der Waals surface area contributed by atoms with Gasteiger partial charge >= 0.3 is 0 Å². The summed E-state index contributed by atoms with van der Waals surface area (Å²) in [5, 5.41) is 11.6. The molecule has 0 unspecified atom stereocenters. The molecule has 0 saturated carbocycles. The second-order valence-electron chi connectivity index (χ2n) is 6.16. The van der Waals surface area contributed by atoms with Gasteiger partial charge in [0.05, 0.1) is 23.7 Å². The molecule has 1 aliphatic heterocycles. The average Bonchev–Trinajstić information content (AvgIpc) is 2.53. The lowest BCUT2D eigenvalue weighted by atomic mass is 10.2. The van der Waals surface area contributed by atoms with Gasteiger partial charge < -0.3 is 15.2 Å². The van der Waals surface area contributed by atoms with Crippen LogP contribution in [-0.4, -0.2) is 61.7 Å². The Kier molecular flexibility index (Phi) is 5.97. The number of nitrogens with one attached hydrogen (secondary N) is 1. The Labute approximate surface area is 142 Å². The molecule has 0 aromatic heterocycles. The van der Waals surface area contributed by atoms with Gasteiger partial charge in [-0.05, 0) is 45.0 Å². The van der Waals surface area contributed by atoms with Crippen LogP contribution in [0.1, 0.15) is 31.1 Å². The molecule has 134 valence electrons. The van der Waals surface area contributed by atoms with Crippen molar-refractivity contribution in [2.24, 2.45) is 0 Å². The minimum Gasteiger partial charge on any atom is -0.394 e. The molecule has 1 saturated heterocycles. The molecule has 24 heavy (non-hydrogen) atoms. The van der Waals surface area contributed by atoms with Crippen LogP contribution in [0.5, 0.6) is 0 Å². The number of hydrogen-bond donors (Lipinski definition) is 2. The Morgan fingerprint density at radius 1 is 1.29 bits per heavy atom. The summed E-state index contributed by atoms with van der Waals surface area (Å²) < 4.78 is 32.4. The van der Waals surface area contributed by atoms with E-state index in [0.717, 1.165) is 0 Å². The highest BCUT2D eigenvalue weighted by atomic mass is 32.2. The van der Waals surface area contributed by atoms with Crippen LogP contribution in [0.2, 0.25) is 0 Å². The van der Waals surface area contributed by atoms with E-state index in [9.17, 15) is 13.2 Å². The monoisotopic (exact) mass is 356 g/mol. The molecule has 1 aromatic rings. The fraction of sp³-hybridized carbons (Fsp3) is 0.562. The third-order valence-corrected chi connectivity index (χ3v) is 5.64. The van der Waals surface area contributed by atoms with Gasteiger partial charge in [-0.25, -0.2) is 8.42 Å². The number of morpholine rings is 1. The topological polar surface area (TPSA) is 95.9 Å². The fourth-order valence-corrected chi connectivity index (χ4v) is 4.20. The normalized spacial score (nSPS) is 23.7. The zero-order valence-corrected chi connectivity index (χ0v) is 14.9. The van der Waals surface area contributed by atoms with E-state index in [2.05, 4.69) is 5.32 Å². The molecule has 2 rings (SSSR count). The van der Waals surface area contributed by atoms with Crippen molar-refractivity contribution in [3.63, 3.8) is 0 Å². The van der Waals surface area contributed by atoms with E-state index in [1.807, 2.05) is 13.8 Å². The highest BCUT2D eigenvalue weighted by Gasteiger charge is 2.32. The highest BCUT2D eigenvalue weighted by Crippen LogP contribution is 2.21. The Balaban J connectivity index is 2.16. The zero-order valence-electron chi connectivity index (χ0n) is 14.1. The van der Waals surface area contributed by atoms with E-state index >= 15 is 0 Å². The van der Waals surface area contributed by atoms with Crippen molar-refractivity contribution >= 4 is 15.9 Å². The standard InChI is InChI=1S/C16H24N2O5S/c1-11(10-19)17-16(20)14-4-6-15(7-5-14)24(21,22)18-8-12(2)23-13(3)9-18/h4-7,11-13,19H,8-10H2,1-3H3,(H,17,20)/t11-,12+,13+/m0/s1. The van der Waals surface area contributed by atoms with Gasteiger partial charge in [-0.15, -0.1) is 0 Å². The Bertz CT molecular complexity index is 664. The van der Waals surface area contributed by atoms with Gasteiger partial charge in [-0.2, -0.15) is 4.31 Å². The van der Waals surface area contributed by atoms with Gasteiger partial charge in [0.15, 0.2) is 0 Å². The summed E-state index contributed by atoms with van der Waals surface area (Å²) in [6.07, 6.45) is -0.318. The number of rotatable bonds is 5. The number of aliphatic hydroxyl groups excluding tert-OH is 1. The summed E-state index contributed by atoms with van der Waals surface area (Å²) in [6.45, 7) is 5.82. The Morgan fingerprint density at radius 2 is 1.83 bits per heavy atom. The summed E-state index contributed by atoms with van der Waals surface area (Å²) in [5.41, 5.74) is 0.345. The largest absolute Gasteiger partial charge is 0.394 e. The molecule has 2 N–H and O–H groups in total. The lowest BCUT2D eigenvalue weighted by molar-refractivity contribution is -0.0440. The van der Waals surface area contributed by atoms with Gasteiger partial charge in [0, 0.05) is 24.7 Å². The van der Waals surface area contributed by atoms with Gasteiger partial charge in [0.2, 0.25) is 10.0 Å². The molecule has 1 aliphatic rings. The number of carbonyl (C=O) groups excluding carboxylic acids is 1. The minimum absolute atomic E-state index is 0.149. The van der Waals surface area contributed by atoms with E-state index in [1.54, 1.807) is 6.92 Å². The van der Waals surface area contributed by atoms with Crippen molar-refractivity contribution in [1.82, 2.24) is 9.62 Å². The molecule has 1 heterocycles. The summed E-state index contributed by atoms with van der Waals surface area (Å²) >= 11 is 0. The van der Waals surface area contributed by atoms with Crippen LogP contribution < -0.4 is 5.32 Å². The van der Waals surface area contributed by atoms with Crippen LogP contribution in [0, 0.1) is 0 Å². The highest BCUT2D eigenvalue weighted by molar-refractivity contribution is 7.89. The van der Waals surface area contributed by atoms with Gasteiger partial charge in [0.25, 0.3) is 5.91 Å². The van der Waals surface area contributed by atoms with E-state index in [0.29, 0.717) is 18.7 Å². The SMILES string of the molecule is C[C@@H]1CN(S(=O)(=O)c2ccc(C(=O)N[C@@H](C)CO)cc2)C[C@@H](C)O1. The molecule has 8 heteroatoms. The second-order valence-corrected chi connectivity index (χ2v) is 8.10. The predicted molar refractivity (Wildman–Crippen MR) is 89.2 cm³/mol. The summed E-state index contributed by atoms with van der Waals surface area (Å²) in [6, 6.07) is 5.44. The van der Waals surface area contributed by atoms with Crippen molar-refractivity contribution in [3.8, 4) is 0 Å². The van der Waals surface area contributed by atoms with E-state index in [4.69, 9.17) is 9.84 Å². The summed E-state index contributed by atoms with van der Waals surface area (Å²) in [7, 11) is -3.62. The maximum absolute atomic E-state index is 12.7. The lowest BCUT2D eigenvalue weighted by Gasteiger charge is -2.34. The zero-order chi connectivity index (χ0) is 17.9. The maximum Gasteiger partial charge on any atom is 0.251 e. The molecule has 3 atom stereocenters. The van der Waals surface area contributed by atoms with Gasteiger partial charge in [-0.1, -0.05) is 0 Å². The van der Waals surface area contributed by atoms with Crippen LogP contribution in [0.4, 0.5) is 0 Å². The Morgan fingerprint density at radius 3 is 2.33 bits per heavy atom. The van der Waals surface area contributed by atoms with Crippen molar-refractivity contribution < 1.29 is 23.1 Å². The molecule has 7 nitrogen and oxygen atoms in total. The molecule has 1 fully saturated rings. The Hall–Kier alpha value is -1.48. The number of sulfonamides is 1. The smallest absolute Gasteiger partial charge is 0.251 e. The second kappa shape index (κ2) is 7.60. The molecule has 0 spiro atoms. The molecule has 1 aromatic carbocycles. The number of aliphatic hydroxyl groups is 1. The fourth-order valence-electron chi connectivity index (χ4n) is 2.61. The number of carbonyl (C=O) groups is 1. The van der Waals surface area contributed by atoms with Crippen LogP contribution >= 0.6 is 0 Å².